The van der Waals surface area contributed by atoms with Gasteiger partial charge in [-0.2, -0.15) is 5.10 Å². The second-order valence-electron chi connectivity index (χ2n) is 2.70. The van der Waals surface area contributed by atoms with Crippen molar-refractivity contribution >= 4 is 22.7 Å². The summed E-state index contributed by atoms with van der Waals surface area (Å²) < 4.78 is 11.4. The lowest BCUT2D eigenvalue weighted by Crippen LogP contribution is -2.25. The van der Waals surface area contributed by atoms with Gasteiger partial charge in [0.1, 0.15) is 0 Å². The van der Waals surface area contributed by atoms with Gasteiger partial charge in [0, 0.05) is 19.5 Å². The molecule has 0 amide bonds. The van der Waals surface area contributed by atoms with Crippen molar-refractivity contribution in [3.8, 4) is 0 Å². The lowest BCUT2D eigenvalue weighted by atomic mass is 10.3. The van der Waals surface area contributed by atoms with Gasteiger partial charge >= 0.3 is 0 Å². The molecule has 0 bridgehead atoms. The van der Waals surface area contributed by atoms with Crippen LogP contribution in [0.15, 0.2) is 10.1 Å². The highest BCUT2D eigenvalue weighted by molar-refractivity contribution is 8.00. The molecule has 0 fully saturated rings. The molecule has 0 spiro atoms. The van der Waals surface area contributed by atoms with Gasteiger partial charge in [0.2, 0.25) is 5.17 Å². The third kappa shape index (κ3) is 4.23. The maximum atomic E-state index is 11.4. The minimum atomic E-state index is -1.08. The summed E-state index contributed by atoms with van der Waals surface area (Å²) in [7, 11) is 0.492. The normalized spacial score (nSPS) is 14.5. The Bertz CT molecular complexity index is 201. The van der Waals surface area contributed by atoms with Crippen molar-refractivity contribution in [3.63, 3.8) is 0 Å². The van der Waals surface area contributed by atoms with Gasteiger partial charge in [-0.15, -0.1) is 0 Å². The summed E-state index contributed by atoms with van der Waals surface area (Å²) in [5.74, 6) is 0.976. The zero-order valence-corrected chi connectivity index (χ0v) is 8.52. The monoisotopic (exact) mass is 189 g/mol. The molecule has 0 aromatic heterocycles. The molecule has 0 rings (SSSR count). The lowest BCUT2D eigenvalue weighted by Gasteiger charge is -2.05. The molecule has 0 aromatic rings. The average Bonchev–Trinajstić information content (AvgIpc) is 1.98. The van der Waals surface area contributed by atoms with Crippen molar-refractivity contribution in [2.75, 3.05) is 12.8 Å². The maximum absolute atomic E-state index is 11.4. The first kappa shape index (κ1) is 11.3. The Hall–Kier alpha value is -0.710. The Kier molecular flexibility index (Phi) is 5.53. The van der Waals surface area contributed by atoms with E-state index in [9.17, 15) is 4.21 Å². The first-order chi connectivity index (χ1) is 5.61. The number of hydrogen-bond acceptors (Lipinski definition) is 3. The highest BCUT2D eigenvalue weighted by Gasteiger charge is 2.09. The second kappa shape index (κ2) is 5.88. The Morgan fingerprint density at radius 1 is 1.67 bits per heavy atom. The summed E-state index contributed by atoms with van der Waals surface area (Å²) in [4.78, 5) is 3.80. The molecule has 0 heterocycles. The van der Waals surface area contributed by atoms with Crippen molar-refractivity contribution in [1.82, 2.24) is 5.43 Å². The van der Waals surface area contributed by atoms with Crippen LogP contribution in [-0.2, 0) is 10.8 Å². The molecule has 0 aliphatic rings. The molecule has 0 aliphatic carbocycles. The van der Waals surface area contributed by atoms with Crippen LogP contribution in [0.4, 0.5) is 0 Å². The van der Waals surface area contributed by atoms with E-state index in [1.807, 2.05) is 13.8 Å². The smallest absolute Gasteiger partial charge is 0.207 e. The summed E-state index contributed by atoms with van der Waals surface area (Å²) >= 11 is 0. The van der Waals surface area contributed by atoms with Gasteiger partial charge in [0.15, 0.2) is 0 Å². The molecule has 12 heavy (non-hydrogen) atoms. The molecule has 70 valence electrons. The van der Waals surface area contributed by atoms with E-state index in [1.54, 1.807) is 7.05 Å². The molecule has 0 aromatic carbocycles. The first-order valence-electron chi connectivity index (χ1n) is 3.68. The van der Waals surface area contributed by atoms with Gasteiger partial charge in [-0.1, -0.05) is 13.8 Å². The maximum Gasteiger partial charge on any atom is 0.207 e. The number of amidine groups is 1. The second-order valence-corrected chi connectivity index (χ2v) is 4.12. The molecule has 4 nitrogen and oxygen atoms in total. The Balaban J connectivity index is 4.14. The van der Waals surface area contributed by atoms with Crippen molar-refractivity contribution < 1.29 is 4.21 Å². The Morgan fingerprint density at radius 3 is 2.58 bits per heavy atom. The van der Waals surface area contributed by atoms with Crippen LogP contribution in [0.5, 0.6) is 0 Å². The molecule has 5 heteroatoms. The van der Waals surface area contributed by atoms with Crippen LogP contribution in [0, 0.1) is 5.92 Å². The Morgan fingerprint density at radius 2 is 2.25 bits per heavy atom. The van der Waals surface area contributed by atoms with Crippen LogP contribution in [0.1, 0.15) is 13.8 Å². The summed E-state index contributed by atoms with van der Waals surface area (Å²) in [5, 5.41) is 3.80. The third-order valence-electron chi connectivity index (χ3n) is 1.08. The number of aliphatic imine (C=N–C) groups is 1. The fraction of sp³-hybridized carbons (Fsp3) is 0.714. The van der Waals surface area contributed by atoms with Gasteiger partial charge in [-0.25, -0.2) is 0 Å². The van der Waals surface area contributed by atoms with E-state index in [1.165, 1.54) is 0 Å². The van der Waals surface area contributed by atoms with Crippen LogP contribution >= 0.6 is 0 Å². The van der Waals surface area contributed by atoms with Crippen molar-refractivity contribution in [1.29, 1.82) is 0 Å². The predicted octanol–water partition coefficient (Wildman–Crippen LogP) is 0.582. The number of hydrazone groups is 1. The average molecular weight is 189 g/mol. The van der Waals surface area contributed by atoms with E-state index in [2.05, 4.69) is 22.2 Å². The van der Waals surface area contributed by atoms with Crippen LogP contribution in [-0.4, -0.2) is 28.9 Å². The number of hydrogen-bond donors (Lipinski definition) is 1. The Labute approximate surface area is 75.6 Å². The molecule has 1 N–H and O–H groups in total. The molecule has 0 saturated heterocycles. The SMILES string of the molecule is C=NNC(=NC)S(=O)CC(C)C. The summed E-state index contributed by atoms with van der Waals surface area (Å²) in [6, 6.07) is 0. The largest absolute Gasteiger partial charge is 0.263 e. The van der Waals surface area contributed by atoms with Gasteiger partial charge < -0.3 is 0 Å². The van der Waals surface area contributed by atoms with Crippen LogP contribution in [0.3, 0.4) is 0 Å². The molecule has 0 radical (unpaired) electrons. The number of nitrogens with zero attached hydrogens (tertiary/aromatic N) is 2. The highest BCUT2D eigenvalue weighted by atomic mass is 32.2. The highest BCUT2D eigenvalue weighted by Crippen LogP contribution is 1.96. The van der Waals surface area contributed by atoms with E-state index in [-0.39, 0.29) is 0 Å². The first-order valence-corrected chi connectivity index (χ1v) is 5.00. The molecule has 1 unspecified atom stereocenters. The topological polar surface area (TPSA) is 53.8 Å². The van der Waals surface area contributed by atoms with Gasteiger partial charge in [0.25, 0.3) is 0 Å². The van der Waals surface area contributed by atoms with Crippen LogP contribution in [0.2, 0.25) is 0 Å². The summed E-state index contributed by atoms with van der Waals surface area (Å²) in [6.07, 6.45) is 0. The zero-order valence-electron chi connectivity index (χ0n) is 7.70. The van der Waals surface area contributed by atoms with E-state index in [0.29, 0.717) is 16.8 Å². The van der Waals surface area contributed by atoms with E-state index >= 15 is 0 Å². The number of nitrogens with one attached hydrogen (secondary N) is 1. The minimum absolute atomic E-state index is 0.384. The predicted molar refractivity (Wildman–Crippen MR) is 53.9 cm³/mol. The van der Waals surface area contributed by atoms with E-state index in [4.69, 9.17) is 0 Å². The van der Waals surface area contributed by atoms with E-state index < -0.39 is 10.8 Å². The van der Waals surface area contributed by atoms with E-state index in [0.717, 1.165) is 0 Å². The third-order valence-corrected chi connectivity index (χ3v) is 2.75. The summed E-state index contributed by atoms with van der Waals surface area (Å²) in [6.45, 7) is 7.25. The number of rotatable bonds is 3. The molecule has 0 saturated carbocycles. The zero-order chi connectivity index (χ0) is 9.56. The molecule has 0 aliphatic heterocycles. The van der Waals surface area contributed by atoms with Gasteiger partial charge in [-0.3, -0.25) is 14.6 Å². The molecule has 1 atom stereocenters. The van der Waals surface area contributed by atoms with Gasteiger partial charge in [0.05, 0.1) is 10.8 Å². The lowest BCUT2D eigenvalue weighted by molar-refractivity contribution is 0.671. The van der Waals surface area contributed by atoms with Crippen molar-refractivity contribution in [2.45, 2.75) is 13.8 Å². The van der Waals surface area contributed by atoms with Crippen molar-refractivity contribution in [3.05, 3.63) is 0 Å². The van der Waals surface area contributed by atoms with Crippen molar-refractivity contribution in [2.24, 2.45) is 16.0 Å². The van der Waals surface area contributed by atoms with Crippen LogP contribution < -0.4 is 5.43 Å². The minimum Gasteiger partial charge on any atom is -0.263 e. The molecular formula is C7H15N3OS. The summed E-state index contributed by atoms with van der Waals surface area (Å²) in [5.41, 5.74) is 2.50. The van der Waals surface area contributed by atoms with Crippen LogP contribution in [0.25, 0.3) is 0 Å². The van der Waals surface area contributed by atoms with Gasteiger partial charge in [-0.05, 0) is 5.92 Å². The standard InChI is InChI=1S/C7H15N3OS/c1-6(2)5-12(11)7(8-3)10-9-4/h6H,4-5H2,1-3H3,(H,8,10). The molecular weight excluding hydrogens is 174 g/mol. The fourth-order valence-corrected chi connectivity index (χ4v) is 1.79. The quantitative estimate of drug-likeness (QED) is 0.401. The fourth-order valence-electron chi connectivity index (χ4n) is 0.652.